The van der Waals surface area contributed by atoms with Gasteiger partial charge in [0.05, 0.1) is 12.0 Å². The summed E-state index contributed by atoms with van der Waals surface area (Å²) >= 11 is -0.156. The molecule has 1 unspecified atom stereocenters. The van der Waals surface area contributed by atoms with Gasteiger partial charge in [0.15, 0.2) is 0 Å². The molecule has 0 aromatic heterocycles. The van der Waals surface area contributed by atoms with Crippen LogP contribution in [-0.4, -0.2) is 5.51 Å². The summed E-state index contributed by atoms with van der Waals surface area (Å²) in [5.41, 5.74) is -3.65. The van der Waals surface area contributed by atoms with E-state index in [1.165, 1.54) is 12.1 Å². The van der Waals surface area contributed by atoms with Crippen molar-refractivity contribution in [2.45, 2.75) is 29.7 Å². The van der Waals surface area contributed by atoms with E-state index in [1.54, 1.807) is 12.1 Å². The van der Waals surface area contributed by atoms with E-state index in [4.69, 9.17) is 5.26 Å². The number of benzene rings is 1. The first-order chi connectivity index (χ1) is 7.46. The zero-order chi connectivity index (χ0) is 12.2. The second-order valence-electron chi connectivity index (χ2n) is 3.21. The van der Waals surface area contributed by atoms with Crippen LogP contribution in [-0.2, 0) is 0 Å². The van der Waals surface area contributed by atoms with E-state index in [1.807, 2.05) is 6.92 Å². The van der Waals surface area contributed by atoms with E-state index in [0.717, 1.165) is 0 Å². The first-order valence-corrected chi connectivity index (χ1v) is 5.53. The van der Waals surface area contributed by atoms with Gasteiger partial charge in [-0.25, -0.2) is 0 Å². The Balaban J connectivity index is 2.92. The van der Waals surface area contributed by atoms with Gasteiger partial charge >= 0.3 is 5.51 Å². The fourth-order valence-corrected chi connectivity index (χ4v) is 1.94. The van der Waals surface area contributed by atoms with Gasteiger partial charge in [0, 0.05) is 4.90 Å². The topological polar surface area (TPSA) is 23.8 Å². The van der Waals surface area contributed by atoms with E-state index in [2.05, 4.69) is 6.07 Å². The minimum absolute atomic E-state index is 0.124. The van der Waals surface area contributed by atoms with Crippen molar-refractivity contribution >= 4 is 11.8 Å². The van der Waals surface area contributed by atoms with Crippen LogP contribution < -0.4 is 0 Å². The first kappa shape index (κ1) is 12.9. The van der Waals surface area contributed by atoms with Crippen molar-refractivity contribution in [3.8, 4) is 6.07 Å². The highest BCUT2D eigenvalue weighted by molar-refractivity contribution is 8.00. The fraction of sp³-hybridized carbons (Fsp3) is 0.364. The Morgan fingerprint density at radius 1 is 1.44 bits per heavy atom. The summed E-state index contributed by atoms with van der Waals surface area (Å²) in [5, 5.41) is 8.82. The molecule has 86 valence electrons. The molecule has 1 nitrogen and oxygen atoms in total. The second kappa shape index (κ2) is 5.26. The molecule has 16 heavy (non-hydrogen) atoms. The Kier molecular flexibility index (Phi) is 4.25. The SMILES string of the molecule is CCC(C#N)c1cccc(SC(F)(F)F)c1. The quantitative estimate of drug-likeness (QED) is 0.740. The van der Waals surface area contributed by atoms with Crippen molar-refractivity contribution in [3.05, 3.63) is 29.8 Å². The van der Waals surface area contributed by atoms with Crippen LogP contribution in [0.2, 0.25) is 0 Å². The highest BCUT2D eigenvalue weighted by Gasteiger charge is 2.29. The lowest BCUT2D eigenvalue weighted by molar-refractivity contribution is -0.0328. The first-order valence-electron chi connectivity index (χ1n) is 4.71. The minimum atomic E-state index is -4.28. The average Bonchev–Trinajstić information content (AvgIpc) is 2.17. The van der Waals surface area contributed by atoms with Gasteiger partial charge in [-0.15, -0.1) is 0 Å². The molecule has 0 heterocycles. The maximum Gasteiger partial charge on any atom is 0.446 e. The number of hydrogen-bond acceptors (Lipinski definition) is 2. The zero-order valence-corrected chi connectivity index (χ0v) is 9.40. The molecule has 0 aliphatic carbocycles. The minimum Gasteiger partial charge on any atom is -0.198 e. The van der Waals surface area contributed by atoms with Crippen LogP contribution in [0.15, 0.2) is 29.2 Å². The van der Waals surface area contributed by atoms with Gasteiger partial charge in [0.2, 0.25) is 0 Å². The zero-order valence-electron chi connectivity index (χ0n) is 8.58. The van der Waals surface area contributed by atoms with Crippen molar-refractivity contribution in [1.82, 2.24) is 0 Å². The molecule has 5 heteroatoms. The normalized spacial score (nSPS) is 13.2. The molecule has 0 fully saturated rings. The van der Waals surface area contributed by atoms with Gasteiger partial charge in [0.1, 0.15) is 0 Å². The van der Waals surface area contributed by atoms with Crippen LogP contribution in [0.3, 0.4) is 0 Å². The van der Waals surface area contributed by atoms with Gasteiger partial charge in [0.25, 0.3) is 0 Å². The van der Waals surface area contributed by atoms with Crippen LogP contribution in [0, 0.1) is 11.3 Å². The number of nitriles is 1. The molecular formula is C11H10F3NS. The molecule has 0 spiro atoms. The molecule has 1 aromatic carbocycles. The van der Waals surface area contributed by atoms with Crippen molar-refractivity contribution in [2.24, 2.45) is 0 Å². The van der Waals surface area contributed by atoms with E-state index in [0.29, 0.717) is 12.0 Å². The molecule has 0 radical (unpaired) electrons. The van der Waals surface area contributed by atoms with E-state index < -0.39 is 5.51 Å². The third-order valence-electron chi connectivity index (χ3n) is 2.06. The average molecular weight is 245 g/mol. The molecule has 0 aliphatic heterocycles. The summed E-state index contributed by atoms with van der Waals surface area (Å²) in [4.78, 5) is 0.124. The fourth-order valence-electron chi connectivity index (χ4n) is 1.33. The Bertz CT molecular complexity index is 395. The predicted molar refractivity (Wildman–Crippen MR) is 57.0 cm³/mol. The monoisotopic (exact) mass is 245 g/mol. The largest absolute Gasteiger partial charge is 0.446 e. The van der Waals surface area contributed by atoms with Gasteiger partial charge in [-0.2, -0.15) is 18.4 Å². The number of nitrogens with zero attached hydrogens (tertiary/aromatic N) is 1. The number of thioether (sulfide) groups is 1. The van der Waals surface area contributed by atoms with Crippen molar-refractivity contribution in [3.63, 3.8) is 0 Å². The smallest absolute Gasteiger partial charge is 0.198 e. The molecular weight excluding hydrogens is 235 g/mol. The van der Waals surface area contributed by atoms with Gasteiger partial charge in [-0.3, -0.25) is 0 Å². The van der Waals surface area contributed by atoms with Crippen molar-refractivity contribution in [1.29, 1.82) is 5.26 Å². The maximum atomic E-state index is 12.1. The Morgan fingerprint density at radius 3 is 2.62 bits per heavy atom. The summed E-state index contributed by atoms with van der Waals surface area (Å²) < 4.78 is 36.4. The summed E-state index contributed by atoms with van der Waals surface area (Å²) in [6, 6.07) is 8.11. The summed E-state index contributed by atoms with van der Waals surface area (Å²) in [7, 11) is 0. The highest BCUT2D eigenvalue weighted by Crippen LogP contribution is 2.37. The molecule has 0 N–H and O–H groups in total. The van der Waals surface area contributed by atoms with Crippen molar-refractivity contribution < 1.29 is 13.2 Å². The van der Waals surface area contributed by atoms with Crippen LogP contribution in [0.5, 0.6) is 0 Å². The second-order valence-corrected chi connectivity index (χ2v) is 4.35. The van der Waals surface area contributed by atoms with Crippen molar-refractivity contribution in [2.75, 3.05) is 0 Å². The molecule has 1 atom stereocenters. The third-order valence-corrected chi connectivity index (χ3v) is 2.78. The van der Waals surface area contributed by atoms with E-state index >= 15 is 0 Å². The number of hydrogen-bond donors (Lipinski definition) is 0. The summed E-state index contributed by atoms with van der Waals surface area (Å²) in [5.74, 6) is -0.339. The summed E-state index contributed by atoms with van der Waals surface area (Å²) in [6.07, 6.45) is 0.594. The molecule has 1 aromatic rings. The molecule has 0 saturated heterocycles. The highest BCUT2D eigenvalue weighted by atomic mass is 32.2. The lowest BCUT2D eigenvalue weighted by atomic mass is 9.98. The lowest BCUT2D eigenvalue weighted by Gasteiger charge is -2.09. The standard InChI is InChI=1S/C11H10F3NS/c1-2-8(7-15)9-4-3-5-10(6-9)16-11(12,13)14/h3-6,8H,2H2,1H3. The van der Waals surface area contributed by atoms with E-state index in [9.17, 15) is 13.2 Å². The number of halogens is 3. The van der Waals surface area contributed by atoms with Gasteiger partial charge in [-0.1, -0.05) is 19.1 Å². The Labute approximate surface area is 96.3 Å². The van der Waals surface area contributed by atoms with E-state index in [-0.39, 0.29) is 22.6 Å². The molecule has 0 aliphatic rings. The van der Waals surface area contributed by atoms with Crippen LogP contribution in [0.25, 0.3) is 0 Å². The third kappa shape index (κ3) is 3.78. The molecule has 0 saturated carbocycles. The predicted octanol–water partition coefficient (Wildman–Crippen LogP) is 4.32. The van der Waals surface area contributed by atoms with Crippen LogP contribution in [0.4, 0.5) is 13.2 Å². The Hall–Kier alpha value is -1.15. The van der Waals surface area contributed by atoms with Gasteiger partial charge < -0.3 is 0 Å². The van der Waals surface area contributed by atoms with Crippen LogP contribution >= 0.6 is 11.8 Å². The number of alkyl halides is 3. The lowest BCUT2D eigenvalue weighted by Crippen LogP contribution is -2.00. The number of rotatable bonds is 3. The summed E-state index contributed by atoms with van der Waals surface area (Å²) in [6.45, 7) is 1.83. The Morgan fingerprint density at radius 2 is 2.12 bits per heavy atom. The molecule has 0 bridgehead atoms. The van der Waals surface area contributed by atoms with Gasteiger partial charge in [-0.05, 0) is 35.9 Å². The maximum absolute atomic E-state index is 12.1. The molecule has 0 amide bonds. The molecule has 1 rings (SSSR count). The van der Waals surface area contributed by atoms with Crippen LogP contribution in [0.1, 0.15) is 24.8 Å².